The topological polar surface area (TPSA) is 33.5 Å². The van der Waals surface area contributed by atoms with E-state index in [0.29, 0.717) is 17.1 Å². The molecule has 0 saturated heterocycles. The third-order valence-corrected chi connectivity index (χ3v) is 3.93. The lowest BCUT2D eigenvalue weighted by atomic mass is 10.2. The van der Waals surface area contributed by atoms with Crippen LogP contribution >= 0.6 is 27.5 Å². The first kappa shape index (κ1) is 14.2. The lowest BCUT2D eigenvalue weighted by Gasteiger charge is -2.16. The van der Waals surface area contributed by atoms with Gasteiger partial charge in [0.2, 0.25) is 0 Å². The van der Waals surface area contributed by atoms with Crippen LogP contribution in [0, 0.1) is 6.92 Å². The van der Waals surface area contributed by atoms with E-state index in [-0.39, 0.29) is 5.91 Å². The molecule has 0 spiro atoms. The molecule has 0 saturated carbocycles. The molecule has 0 atom stereocenters. The number of benzene rings is 1. The first-order chi connectivity index (χ1) is 8.97. The van der Waals surface area contributed by atoms with Gasteiger partial charge in [0.1, 0.15) is 11.5 Å². The van der Waals surface area contributed by atoms with Crippen molar-refractivity contribution in [3.05, 3.63) is 56.9 Å². The van der Waals surface area contributed by atoms with Gasteiger partial charge in [-0.3, -0.25) is 4.79 Å². The van der Waals surface area contributed by atoms with Crippen LogP contribution in [-0.2, 0) is 6.54 Å². The van der Waals surface area contributed by atoms with Crippen molar-refractivity contribution in [3.8, 4) is 0 Å². The van der Waals surface area contributed by atoms with Crippen LogP contribution < -0.4 is 0 Å². The Balaban J connectivity index is 2.12. The van der Waals surface area contributed by atoms with E-state index in [2.05, 4.69) is 15.9 Å². The van der Waals surface area contributed by atoms with Crippen molar-refractivity contribution in [1.82, 2.24) is 4.90 Å². The van der Waals surface area contributed by atoms with Crippen molar-refractivity contribution < 1.29 is 9.21 Å². The molecule has 0 aliphatic carbocycles. The average Bonchev–Trinajstić information content (AvgIpc) is 2.77. The Kier molecular flexibility index (Phi) is 4.32. The van der Waals surface area contributed by atoms with Crippen LogP contribution in [0.5, 0.6) is 0 Å². The van der Waals surface area contributed by atoms with Gasteiger partial charge < -0.3 is 9.32 Å². The Bertz CT molecular complexity index is 609. The number of aryl methyl sites for hydroxylation is 1. The summed E-state index contributed by atoms with van der Waals surface area (Å²) >= 11 is 9.29. The van der Waals surface area contributed by atoms with Crippen molar-refractivity contribution in [2.45, 2.75) is 13.5 Å². The highest BCUT2D eigenvalue weighted by atomic mass is 79.9. The molecular weight excluding hydrogens is 330 g/mol. The van der Waals surface area contributed by atoms with E-state index in [4.69, 9.17) is 16.0 Å². The van der Waals surface area contributed by atoms with Crippen molar-refractivity contribution >= 4 is 33.4 Å². The molecule has 5 heteroatoms. The second kappa shape index (κ2) is 5.80. The Morgan fingerprint density at radius 1 is 1.37 bits per heavy atom. The van der Waals surface area contributed by atoms with Gasteiger partial charge in [-0.25, -0.2) is 0 Å². The molecule has 2 rings (SSSR count). The van der Waals surface area contributed by atoms with Crippen LogP contribution in [0.4, 0.5) is 0 Å². The fraction of sp³-hybridized carbons (Fsp3) is 0.214. The van der Waals surface area contributed by atoms with E-state index in [1.165, 1.54) is 0 Å². The average molecular weight is 343 g/mol. The van der Waals surface area contributed by atoms with Gasteiger partial charge in [-0.2, -0.15) is 0 Å². The van der Waals surface area contributed by atoms with E-state index < -0.39 is 0 Å². The molecule has 3 nitrogen and oxygen atoms in total. The maximum atomic E-state index is 12.2. The monoisotopic (exact) mass is 341 g/mol. The summed E-state index contributed by atoms with van der Waals surface area (Å²) in [6, 6.07) is 8.90. The molecule has 19 heavy (non-hydrogen) atoms. The minimum Gasteiger partial charge on any atom is -0.464 e. The van der Waals surface area contributed by atoms with Crippen molar-refractivity contribution in [3.63, 3.8) is 0 Å². The van der Waals surface area contributed by atoms with Crippen molar-refractivity contribution in [2.75, 3.05) is 7.05 Å². The van der Waals surface area contributed by atoms with Crippen LogP contribution in [0.3, 0.4) is 0 Å². The fourth-order valence-corrected chi connectivity index (χ4v) is 2.15. The molecular formula is C14H13BrClNO2. The number of nitrogens with zero attached hydrogens (tertiary/aromatic N) is 1. The van der Waals surface area contributed by atoms with E-state index in [1.54, 1.807) is 30.1 Å². The van der Waals surface area contributed by atoms with Crippen LogP contribution in [-0.4, -0.2) is 17.9 Å². The van der Waals surface area contributed by atoms with Gasteiger partial charge in [0.15, 0.2) is 0 Å². The zero-order chi connectivity index (χ0) is 14.0. The molecule has 1 amide bonds. The van der Waals surface area contributed by atoms with Gasteiger partial charge in [0.25, 0.3) is 5.91 Å². The number of furan rings is 1. The summed E-state index contributed by atoms with van der Waals surface area (Å²) in [5, 5.41) is 0.521. The number of rotatable bonds is 3. The van der Waals surface area contributed by atoms with Crippen LogP contribution in [0.25, 0.3) is 0 Å². The lowest BCUT2D eigenvalue weighted by molar-refractivity contribution is 0.0775. The van der Waals surface area contributed by atoms with Gasteiger partial charge in [0, 0.05) is 17.1 Å². The van der Waals surface area contributed by atoms with Gasteiger partial charge >= 0.3 is 0 Å². The standard InChI is InChI=1S/C14H13BrClNO2/c1-9-3-5-11(19-9)8-17(2)14(18)10-4-6-12(15)13(16)7-10/h3-7H,8H2,1-2H3. The van der Waals surface area contributed by atoms with E-state index in [1.807, 2.05) is 19.1 Å². The molecule has 2 aromatic rings. The summed E-state index contributed by atoms with van der Waals surface area (Å²) in [4.78, 5) is 13.8. The van der Waals surface area contributed by atoms with E-state index in [0.717, 1.165) is 16.0 Å². The van der Waals surface area contributed by atoms with Crippen molar-refractivity contribution in [2.24, 2.45) is 0 Å². The number of amides is 1. The molecule has 0 aliphatic rings. The molecule has 100 valence electrons. The zero-order valence-corrected chi connectivity index (χ0v) is 13.0. The predicted octanol–water partition coefficient (Wildman–Crippen LogP) is 4.28. The third kappa shape index (κ3) is 3.39. The molecule has 0 radical (unpaired) electrons. The van der Waals surface area contributed by atoms with Crippen LogP contribution in [0.1, 0.15) is 21.9 Å². The van der Waals surface area contributed by atoms with E-state index in [9.17, 15) is 4.79 Å². The number of hydrogen-bond acceptors (Lipinski definition) is 2. The third-order valence-electron chi connectivity index (χ3n) is 2.70. The summed E-state index contributed by atoms with van der Waals surface area (Å²) < 4.78 is 6.23. The first-order valence-corrected chi connectivity index (χ1v) is 6.90. The minimum atomic E-state index is -0.0940. The quantitative estimate of drug-likeness (QED) is 0.834. The molecule has 1 heterocycles. The summed E-state index contributed by atoms with van der Waals surface area (Å²) in [6.07, 6.45) is 0. The highest BCUT2D eigenvalue weighted by Crippen LogP contribution is 2.24. The molecule has 0 unspecified atom stereocenters. The Morgan fingerprint density at radius 3 is 2.68 bits per heavy atom. The number of halogens is 2. The van der Waals surface area contributed by atoms with Gasteiger partial charge in [-0.15, -0.1) is 0 Å². The Hall–Kier alpha value is -1.26. The number of carbonyl (C=O) groups is 1. The molecule has 1 aromatic carbocycles. The largest absolute Gasteiger partial charge is 0.464 e. The van der Waals surface area contributed by atoms with E-state index >= 15 is 0 Å². The normalized spacial score (nSPS) is 10.5. The molecule has 1 aromatic heterocycles. The zero-order valence-electron chi connectivity index (χ0n) is 10.6. The SMILES string of the molecule is Cc1ccc(CN(C)C(=O)c2ccc(Br)c(Cl)c2)o1. The van der Waals surface area contributed by atoms with Gasteiger partial charge in [-0.05, 0) is 53.2 Å². The Morgan fingerprint density at radius 2 is 2.11 bits per heavy atom. The molecule has 0 fully saturated rings. The Labute approximate surface area is 125 Å². The minimum absolute atomic E-state index is 0.0940. The summed E-state index contributed by atoms with van der Waals surface area (Å²) in [7, 11) is 1.73. The molecule has 0 N–H and O–H groups in total. The van der Waals surface area contributed by atoms with Crippen molar-refractivity contribution in [1.29, 1.82) is 0 Å². The maximum Gasteiger partial charge on any atom is 0.254 e. The first-order valence-electron chi connectivity index (χ1n) is 5.73. The summed E-state index contributed by atoms with van der Waals surface area (Å²) in [6.45, 7) is 2.31. The smallest absolute Gasteiger partial charge is 0.254 e. The maximum absolute atomic E-state index is 12.2. The number of carbonyl (C=O) groups excluding carboxylic acids is 1. The second-order valence-electron chi connectivity index (χ2n) is 4.30. The lowest BCUT2D eigenvalue weighted by Crippen LogP contribution is -2.25. The highest BCUT2D eigenvalue weighted by Gasteiger charge is 2.14. The van der Waals surface area contributed by atoms with Crippen LogP contribution in [0.2, 0.25) is 5.02 Å². The molecule has 0 aliphatic heterocycles. The van der Waals surface area contributed by atoms with Gasteiger partial charge in [0.05, 0.1) is 11.6 Å². The van der Waals surface area contributed by atoms with Gasteiger partial charge in [-0.1, -0.05) is 11.6 Å². The number of hydrogen-bond donors (Lipinski definition) is 0. The summed E-state index contributed by atoms with van der Waals surface area (Å²) in [5.41, 5.74) is 0.555. The second-order valence-corrected chi connectivity index (χ2v) is 5.56. The highest BCUT2D eigenvalue weighted by molar-refractivity contribution is 9.10. The predicted molar refractivity (Wildman–Crippen MR) is 78.4 cm³/mol. The fourth-order valence-electron chi connectivity index (χ4n) is 1.73. The summed E-state index contributed by atoms with van der Waals surface area (Å²) in [5.74, 6) is 1.50. The molecule has 0 bridgehead atoms. The van der Waals surface area contributed by atoms with Crippen LogP contribution in [0.15, 0.2) is 39.2 Å².